The molecule has 4 rings (SSSR count). The number of nitrogens with zero attached hydrogens (tertiary/aromatic N) is 2. The van der Waals surface area contributed by atoms with Gasteiger partial charge in [-0.3, -0.25) is 9.59 Å². The molecule has 29 heavy (non-hydrogen) atoms. The second-order valence-electron chi connectivity index (χ2n) is 7.37. The molecule has 6 nitrogen and oxygen atoms in total. The van der Waals surface area contributed by atoms with Gasteiger partial charge in [0.25, 0.3) is 5.91 Å². The van der Waals surface area contributed by atoms with Gasteiger partial charge in [0.05, 0.1) is 13.1 Å². The summed E-state index contributed by atoms with van der Waals surface area (Å²) in [6.07, 6.45) is 4.13. The lowest BCUT2D eigenvalue weighted by molar-refractivity contribution is -0.132. The zero-order chi connectivity index (χ0) is 20.1. The van der Waals surface area contributed by atoms with E-state index in [0.29, 0.717) is 38.2 Å². The van der Waals surface area contributed by atoms with Gasteiger partial charge in [-0.15, -0.1) is 0 Å². The first-order chi connectivity index (χ1) is 14.2. The number of rotatable bonds is 7. The summed E-state index contributed by atoms with van der Waals surface area (Å²) in [5.74, 6) is 0.535. The largest absolute Gasteiger partial charge is 0.492 e. The third kappa shape index (κ3) is 4.83. The van der Waals surface area contributed by atoms with Crippen LogP contribution in [0.5, 0.6) is 5.75 Å². The molecule has 0 atom stereocenters. The third-order valence-corrected chi connectivity index (χ3v) is 5.27. The molecule has 1 aliphatic carbocycles. The van der Waals surface area contributed by atoms with Gasteiger partial charge in [0.1, 0.15) is 18.1 Å². The predicted molar refractivity (Wildman–Crippen MR) is 111 cm³/mol. The van der Waals surface area contributed by atoms with E-state index in [1.54, 1.807) is 0 Å². The molecule has 1 N–H and O–H groups in total. The molecule has 1 aliphatic heterocycles. The summed E-state index contributed by atoms with van der Waals surface area (Å²) < 4.78 is 5.77. The van der Waals surface area contributed by atoms with Crippen LogP contribution in [0.15, 0.2) is 53.6 Å². The summed E-state index contributed by atoms with van der Waals surface area (Å²) in [5.41, 5.74) is 4.15. The van der Waals surface area contributed by atoms with Crippen molar-refractivity contribution in [2.24, 2.45) is 5.10 Å². The van der Waals surface area contributed by atoms with E-state index in [-0.39, 0.29) is 11.8 Å². The fourth-order valence-electron chi connectivity index (χ4n) is 3.72. The van der Waals surface area contributed by atoms with Crippen LogP contribution in [0.4, 0.5) is 0 Å². The van der Waals surface area contributed by atoms with E-state index >= 15 is 0 Å². The SMILES string of the molecule is O=C(NCCOc1ccc2c(c1)CCC2)C1=NN(Cc2ccccc2)C(=O)CC1. The van der Waals surface area contributed by atoms with E-state index in [2.05, 4.69) is 22.6 Å². The number of carbonyl (C=O) groups excluding carboxylic acids is 2. The number of hydrogen-bond donors (Lipinski definition) is 1. The van der Waals surface area contributed by atoms with E-state index in [1.807, 2.05) is 36.4 Å². The Hall–Kier alpha value is -3.15. The zero-order valence-electron chi connectivity index (χ0n) is 16.4. The highest BCUT2D eigenvalue weighted by Gasteiger charge is 2.24. The maximum absolute atomic E-state index is 12.4. The Morgan fingerprint density at radius 3 is 2.72 bits per heavy atom. The Morgan fingerprint density at radius 1 is 1.03 bits per heavy atom. The Labute approximate surface area is 170 Å². The summed E-state index contributed by atoms with van der Waals surface area (Å²) in [4.78, 5) is 24.6. The fraction of sp³-hybridized carbons (Fsp3) is 0.348. The molecular weight excluding hydrogens is 366 g/mol. The van der Waals surface area contributed by atoms with Crippen LogP contribution in [0.2, 0.25) is 0 Å². The second kappa shape index (κ2) is 8.90. The van der Waals surface area contributed by atoms with Gasteiger partial charge in [-0.25, -0.2) is 5.01 Å². The lowest BCUT2D eigenvalue weighted by atomic mass is 10.1. The molecule has 2 aromatic rings. The van der Waals surface area contributed by atoms with E-state index in [1.165, 1.54) is 22.6 Å². The third-order valence-electron chi connectivity index (χ3n) is 5.27. The minimum absolute atomic E-state index is 0.0645. The molecular formula is C23H25N3O3. The Balaban J connectivity index is 1.27. The van der Waals surface area contributed by atoms with Crippen molar-refractivity contribution in [3.8, 4) is 5.75 Å². The van der Waals surface area contributed by atoms with Crippen molar-refractivity contribution in [3.63, 3.8) is 0 Å². The van der Waals surface area contributed by atoms with Gasteiger partial charge in [0.2, 0.25) is 5.91 Å². The molecule has 0 unspecified atom stereocenters. The van der Waals surface area contributed by atoms with Gasteiger partial charge >= 0.3 is 0 Å². The summed E-state index contributed by atoms with van der Waals surface area (Å²) in [7, 11) is 0. The number of nitrogens with one attached hydrogen (secondary N) is 1. The predicted octanol–water partition coefficient (Wildman–Crippen LogP) is 2.85. The quantitative estimate of drug-likeness (QED) is 0.738. The summed E-state index contributed by atoms with van der Waals surface area (Å²) in [5, 5.41) is 8.51. The molecule has 6 heteroatoms. The summed E-state index contributed by atoms with van der Waals surface area (Å²) in [6, 6.07) is 15.9. The average Bonchev–Trinajstić information content (AvgIpc) is 3.21. The fourth-order valence-corrected chi connectivity index (χ4v) is 3.72. The Bertz CT molecular complexity index is 924. The number of hydrazone groups is 1. The number of benzene rings is 2. The van der Waals surface area contributed by atoms with E-state index in [9.17, 15) is 9.59 Å². The maximum atomic E-state index is 12.4. The molecule has 0 saturated heterocycles. The van der Waals surface area contributed by atoms with Gasteiger partial charge in [0, 0.05) is 12.8 Å². The minimum Gasteiger partial charge on any atom is -0.492 e. The molecule has 2 aliphatic rings. The number of amides is 2. The Morgan fingerprint density at radius 2 is 1.86 bits per heavy atom. The van der Waals surface area contributed by atoms with Crippen LogP contribution in [0.25, 0.3) is 0 Å². The van der Waals surface area contributed by atoms with Crippen LogP contribution < -0.4 is 10.1 Å². The monoisotopic (exact) mass is 391 g/mol. The van der Waals surface area contributed by atoms with Crippen molar-refractivity contribution in [2.75, 3.05) is 13.2 Å². The lowest BCUT2D eigenvalue weighted by Crippen LogP contribution is -2.40. The molecule has 0 saturated carbocycles. The maximum Gasteiger partial charge on any atom is 0.267 e. The van der Waals surface area contributed by atoms with Crippen molar-refractivity contribution in [1.29, 1.82) is 0 Å². The summed E-state index contributed by atoms with van der Waals surface area (Å²) >= 11 is 0. The second-order valence-corrected chi connectivity index (χ2v) is 7.37. The average molecular weight is 391 g/mol. The molecule has 0 fully saturated rings. The van der Waals surface area contributed by atoms with E-state index < -0.39 is 0 Å². The van der Waals surface area contributed by atoms with Gasteiger partial charge < -0.3 is 10.1 Å². The first-order valence-corrected chi connectivity index (χ1v) is 10.1. The molecule has 0 bridgehead atoms. The van der Waals surface area contributed by atoms with Crippen LogP contribution in [0.1, 0.15) is 36.0 Å². The number of aryl methyl sites for hydroxylation is 2. The lowest BCUT2D eigenvalue weighted by Gasteiger charge is -2.23. The van der Waals surface area contributed by atoms with Crippen molar-refractivity contribution >= 4 is 17.5 Å². The molecule has 0 aromatic heterocycles. The molecule has 0 radical (unpaired) electrons. The number of hydrogen-bond acceptors (Lipinski definition) is 4. The van der Waals surface area contributed by atoms with Gasteiger partial charge in [-0.2, -0.15) is 5.10 Å². The molecule has 150 valence electrons. The van der Waals surface area contributed by atoms with Gasteiger partial charge in [-0.1, -0.05) is 36.4 Å². The molecule has 0 spiro atoms. The van der Waals surface area contributed by atoms with Crippen molar-refractivity contribution in [2.45, 2.75) is 38.6 Å². The zero-order valence-corrected chi connectivity index (χ0v) is 16.4. The highest BCUT2D eigenvalue weighted by atomic mass is 16.5. The highest BCUT2D eigenvalue weighted by Crippen LogP contribution is 2.25. The molecule has 1 heterocycles. The van der Waals surface area contributed by atoms with Crippen LogP contribution >= 0.6 is 0 Å². The van der Waals surface area contributed by atoms with E-state index in [4.69, 9.17) is 4.74 Å². The molecule has 2 amide bonds. The van der Waals surface area contributed by atoms with E-state index in [0.717, 1.165) is 24.2 Å². The first kappa shape index (κ1) is 19.2. The van der Waals surface area contributed by atoms with Gasteiger partial charge in [-0.05, 0) is 48.1 Å². The minimum atomic E-state index is -0.242. The van der Waals surface area contributed by atoms with Gasteiger partial charge in [0.15, 0.2) is 0 Å². The topological polar surface area (TPSA) is 71.0 Å². The smallest absolute Gasteiger partial charge is 0.267 e. The van der Waals surface area contributed by atoms with Crippen molar-refractivity contribution in [1.82, 2.24) is 10.3 Å². The Kier molecular flexibility index (Phi) is 5.89. The standard InChI is InChI=1S/C23H25N3O3/c27-22-12-11-21(25-26(22)16-17-5-2-1-3-6-17)23(28)24-13-14-29-20-10-9-18-7-4-8-19(18)15-20/h1-3,5-6,9-10,15H,4,7-8,11-14,16H2,(H,24,28). The normalized spacial score (nSPS) is 15.7. The number of carbonyl (C=O) groups is 2. The summed E-state index contributed by atoms with van der Waals surface area (Å²) in [6.45, 7) is 1.16. The van der Waals surface area contributed by atoms with Crippen LogP contribution in [0.3, 0.4) is 0 Å². The van der Waals surface area contributed by atoms with Crippen LogP contribution in [-0.2, 0) is 29.0 Å². The highest BCUT2D eigenvalue weighted by molar-refractivity contribution is 6.39. The van der Waals surface area contributed by atoms with Crippen LogP contribution in [0, 0.1) is 0 Å². The van der Waals surface area contributed by atoms with Crippen molar-refractivity contribution < 1.29 is 14.3 Å². The van der Waals surface area contributed by atoms with Crippen LogP contribution in [-0.4, -0.2) is 35.7 Å². The first-order valence-electron chi connectivity index (χ1n) is 10.1. The number of ether oxygens (including phenoxy) is 1. The number of fused-ring (bicyclic) bond motifs is 1. The van der Waals surface area contributed by atoms with Crippen molar-refractivity contribution in [3.05, 3.63) is 65.2 Å². The molecule has 2 aromatic carbocycles.